The van der Waals surface area contributed by atoms with Gasteiger partial charge in [-0.25, -0.2) is 9.97 Å². The van der Waals surface area contributed by atoms with Gasteiger partial charge in [-0.15, -0.1) is 0 Å². The normalized spacial score (nSPS) is 24.3. The van der Waals surface area contributed by atoms with Gasteiger partial charge in [-0.3, -0.25) is 9.59 Å². The van der Waals surface area contributed by atoms with E-state index in [0.29, 0.717) is 11.0 Å². The van der Waals surface area contributed by atoms with Gasteiger partial charge in [0.05, 0.1) is 5.39 Å². The van der Waals surface area contributed by atoms with Crippen LogP contribution in [-0.2, 0) is 23.8 Å². The van der Waals surface area contributed by atoms with Crippen molar-refractivity contribution in [2.75, 3.05) is 12.3 Å². The highest BCUT2D eigenvalue weighted by Crippen LogP contribution is 2.42. The highest BCUT2D eigenvalue weighted by Gasteiger charge is 2.59. The van der Waals surface area contributed by atoms with Crippen molar-refractivity contribution in [3.8, 4) is 11.3 Å². The lowest BCUT2D eigenvalue weighted by Crippen LogP contribution is -2.48. The molecule has 2 aromatic heterocycles. The summed E-state index contributed by atoms with van der Waals surface area (Å²) >= 11 is 5.70. The summed E-state index contributed by atoms with van der Waals surface area (Å²) < 4.78 is 18.6. The van der Waals surface area contributed by atoms with Gasteiger partial charge in [0.15, 0.2) is 12.3 Å². The maximum atomic E-state index is 12.6. The van der Waals surface area contributed by atoms with Crippen molar-refractivity contribution in [3.63, 3.8) is 0 Å². The van der Waals surface area contributed by atoms with Gasteiger partial charge in [0.2, 0.25) is 5.60 Å². The van der Waals surface area contributed by atoms with Gasteiger partial charge < -0.3 is 29.6 Å². The van der Waals surface area contributed by atoms with Gasteiger partial charge in [0.25, 0.3) is 0 Å². The van der Waals surface area contributed by atoms with E-state index in [4.69, 9.17) is 31.5 Å². The molecule has 0 amide bonds. The number of hydrogen-bond donors (Lipinski definition) is 2. The zero-order valence-electron chi connectivity index (χ0n) is 19.5. The zero-order chi connectivity index (χ0) is 25.0. The van der Waals surface area contributed by atoms with E-state index < -0.39 is 36.0 Å². The fourth-order valence-electron chi connectivity index (χ4n) is 3.81. The molecule has 4 atom stereocenters. The fourth-order valence-corrected chi connectivity index (χ4v) is 3.96. The number of carbonyl (C=O) groups is 2. The van der Waals surface area contributed by atoms with Crippen molar-refractivity contribution in [1.82, 2.24) is 14.5 Å². The number of hydrogen-bond acceptors (Lipinski definition) is 9. The summed E-state index contributed by atoms with van der Waals surface area (Å²) in [5, 5.41) is 14.4. The number of nitrogen functional groups attached to an aromatic ring is 1. The van der Waals surface area contributed by atoms with Crippen molar-refractivity contribution in [2.45, 2.75) is 64.6 Å². The average molecular weight is 493 g/mol. The van der Waals surface area contributed by atoms with Gasteiger partial charge in [0.1, 0.15) is 30.5 Å². The number of anilines is 1. The first-order valence-electron chi connectivity index (χ1n) is 11.0. The van der Waals surface area contributed by atoms with Crippen LogP contribution in [0.1, 0.15) is 46.8 Å². The van der Waals surface area contributed by atoms with Crippen LogP contribution in [0.15, 0.2) is 18.6 Å². The minimum absolute atomic E-state index is 0.0215. The van der Waals surface area contributed by atoms with Gasteiger partial charge in [0, 0.05) is 24.4 Å². The Kier molecular flexibility index (Phi) is 8.02. The Balaban J connectivity index is 1.99. The lowest BCUT2D eigenvalue weighted by molar-refractivity contribution is -0.163. The maximum Gasteiger partial charge on any atom is 0.306 e. The SMILES string of the molecule is CC(C)CC(=O)OC[C@H]1O[C@@H](n2ccc3c(N)ncnc32)[C@@](O)(C#CCl)[C@@H]1OC(=O)CC(C)C. The molecule has 0 aliphatic carbocycles. The number of halogens is 1. The summed E-state index contributed by atoms with van der Waals surface area (Å²) in [5.74, 6) is 1.90. The predicted molar refractivity (Wildman–Crippen MR) is 124 cm³/mol. The van der Waals surface area contributed by atoms with E-state index in [2.05, 4.69) is 21.3 Å². The third-order valence-electron chi connectivity index (χ3n) is 5.31. The molecule has 3 N–H and O–H groups in total. The molecular weight excluding hydrogens is 464 g/mol. The Labute approximate surface area is 202 Å². The zero-order valence-corrected chi connectivity index (χ0v) is 20.3. The maximum absolute atomic E-state index is 12.6. The number of nitrogens with zero attached hydrogens (tertiary/aromatic N) is 3. The minimum atomic E-state index is -2.07. The molecular formula is C23H29ClN4O6. The third kappa shape index (κ3) is 5.43. The van der Waals surface area contributed by atoms with Crippen LogP contribution < -0.4 is 5.73 Å². The first kappa shape index (κ1) is 25.7. The van der Waals surface area contributed by atoms with E-state index in [0.717, 1.165) is 0 Å². The number of rotatable bonds is 8. The Hall–Kier alpha value is -2.87. The Morgan fingerprint density at radius 2 is 1.94 bits per heavy atom. The fraction of sp³-hybridized carbons (Fsp3) is 0.565. The second-order valence-corrected chi connectivity index (χ2v) is 9.27. The number of fused-ring (bicyclic) bond motifs is 1. The van der Waals surface area contributed by atoms with Crippen LogP contribution in [-0.4, -0.2) is 56.0 Å². The second-order valence-electron chi connectivity index (χ2n) is 9.08. The quantitative estimate of drug-likeness (QED) is 0.420. The molecule has 1 fully saturated rings. The van der Waals surface area contributed by atoms with Crippen LogP contribution in [0.5, 0.6) is 0 Å². The van der Waals surface area contributed by atoms with Crippen LogP contribution in [0.25, 0.3) is 11.0 Å². The number of carbonyl (C=O) groups excluding carboxylic acids is 2. The molecule has 34 heavy (non-hydrogen) atoms. The molecule has 3 rings (SSSR count). The Morgan fingerprint density at radius 3 is 2.59 bits per heavy atom. The van der Waals surface area contributed by atoms with Crippen LogP contribution >= 0.6 is 11.6 Å². The number of aromatic nitrogens is 3. The molecule has 0 aromatic carbocycles. The van der Waals surface area contributed by atoms with E-state index in [-0.39, 0.29) is 37.1 Å². The molecule has 10 nitrogen and oxygen atoms in total. The molecule has 2 aromatic rings. The molecule has 0 bridgehead atoms. The summed E-state index contributed by atoms with van der Waals surface area (Å²) in [4.78, 5) is 32.9. The Bertz CT molecular complexity index is 1110. The van der Waals surface area contributed by atoms with Crippen LogP contribution in [0.2, 0.25) is 0 Å². The summed E-state index contributed by atoms with van der Waals surface area (Å²) in [6.07, 6.45) is -0.312. The number of ether oxygens (including phenoxy) is 3. The Morgan fingerprint density at radius 1 is 1.26 bits per heavy atom. The highest BCUT2D eigenvalue weighted by molar-refractivity contribution is 6.30. The molecule has 11 heteroatoms. The molecule has 184 valence electrons. The standard InChI is InChI=1S/C23H29ClN4O6/c1-13(2)9-17(29)32-11-16-19(34-18(30)10-14(3)4)23(31,6-7-24)22(33-16)28-8-5-15-20(25)26-12-27-21(15)28/h5,8,12-14,16,19,22,31H,9-11H2,1-4H3,(H2,25,26,27)/t16-,19-,22-,23-/m1/s1. The monoisotopic (exact) mass is 492 g/mol. The van der Waals surface area contributed by atoms with Gasteiger partial charge in [-0.2, -0.15) is 0 Å². The molecule has 0 radical (unpaired) electrons. The summed E-state index contributed by atoms with van der Waals surface area (Å²) in [6.45, 7) is 7.24. The van der Waals surface area contributed by atoms with Crippen LogP contribution in [0.4, 0.5) is 5.82 Å². The summed E-state index contributed by atoms with van der Waals surface area (Å²) in [5.41, 5.74) is 4.24. The number of nitrogens with two attached hydrogens (primary N) is 1. The largest absolute Gasteiger partial charge is 0.463 e. The van der Waals surface area contributed by atoms with E-state index in [1.165, 1.54) is 10.9 Å². The molecule has 0 spiro atoms. The summed E-state index contributed by atoms with van der Waals surface area (Å²) in [6, 6.07) is 1.67. The number of aliphatic hydroxyl groups is 1. The number of esters is 2. The minimum Gasteiger partial charge on any atom is -0.463 e. The van der Waals surface area contributed by atoms with Crippen molar-refractivity contribution >= 4 is 40.4 Å². The van der Waals surface area contributed by atoms with E-state index in [9.17, 15) is 14.7 Å². The smallest absolute Gasteiger partial charge is 0.306 e. The average Bonchev–Trinajstić information content (AvgIpc) is 3.26. The highest BCUT2D eigenvalue weighted by atomic mass is 35.5. The third-order valence-corrected chi connectivity index (χ3v) is 5.40. The van der Waals surface area contributed by atoms with Crippen molar-refractivity contribution in [1.29, 1.82) is 0 Å². The molecule has 1 saturated heterocycles. The molecule has 3 heterocycles. The van der Waals surface area contributed by atoms with Gasteiger partial charge >= 0.3 is 11.9 Å². The first-order chi connectivity index (χ1) is 16.1. The second kappa shape index (κ2) is 10.6. The van der Waals surface area contributed by atoms with Gasteiger partial charge in [-0.05, 0) is 35.4 Å². The van der Waals surface area contributed by atoms with Crippen LogP contribution in [0, 0.1) is 23.1 Å². The molecule has 1 aliphatic rings. The molecule has 0 saturated carbocycles. The summed E-state index contributed by atoms with van der Waals surface area (Å²) in [7, 11) is 0. The lowest BCUT2D eigenvalue weighted by Gasteiger charge is -2.29. The van der Waals surface area contributed by atoms with Crippen molar-refractivity contribution in [2.24, 2.45) is 11.8 Å². The van der Waals surface area contributed by atoms with Crippen molar-refractivity contribution < 1.29 is 28.9 Å². The van der Waals surface area contributed by atoms with E-state index in [1.807, 2.05) is 27.7 Å². The van der Waals surface area contributed by atoms with Crippen LogP contribution in [0.3, 0.4) is 0 Å². The van der Waals surface area contributed by atoms with Crippen molar-refractivity contribution in [3.05, 3.63) is 18.6 Å². The van der Waals surface area contributed by atoms with E-state index in [1.54, 1.807) is 12.3 Å². The topological polar surface area (TPSA) is 139 Å². The van der Waals surface area contributed by atoms with E-state index >= 15 is 0 Å². The molecule has 0 unspecified atom stereocenters. The van der Waals surface area contributed by atoms with Gasteiger partial charge in [-0.1, -0.05) is 27.7 Å². The lowest BCUT2D eigenvalue weighted by atomic mass is 9.94. The predicted octanol–water partition coefficient (Wildman–Crippen LogP) is 2.39. The molecule has 1 aliphatic heterocycles. The first-order valence-corrected chi connectivity index (χ1v) is 11.4.